The largest absolute Gasteiger partial charge is 0.272 e. The minimum absolute atomic E-state index is 0.115. The maximum absolute atomic E-state index is 12.2. The van der Waals surface area contributed by atoms with E-state index in [9.17, 15) is 8.42 Å². The van der Waals surface area contributed by atoms with Crippen LogP contribution >= 0.6 is 15.9 Å². The van der Waals surface area contributed by atoms with Gasteiger partial charge >= 0.3 is 0 Å². The van der Waals surface area contributed by atoms with Crippen molar-refractivity contribution in [2.75, 3.05) is 4.72 Å². The monoisotopic (exact) mass is 344 g/mol. The highest BCUT2D eigenvalue weighted by atomic mass is 79.9. The number of aryl methyl sites for hydroxylation is 2. The fraction of sp³-hybridized carbons (Fsp3) is 0.273. The summed E-state index contributed by atoms with van der Waals surface area (Å²) >= 11 is 3.31. The van der Waals surface area contributed by atoms with Gasteiger partial charge in [-0.25, -0.2) is 13.4 Å². The van der Waals surface area contributed by atoms with Crippen molar-refractivity contribution in [1.29, 1.82) is 0 Å². The highest BCUT2D eigenvalue weighted by molar-refractivity contribution is 9.10. The highest BCUT2D eigenvalue weighted by Crippen LogP contribution is 2.25. The Kier molecular flexibility index (Phi) is 3.91. The van der Waals surface area contributed by atoms with Crippen molar-refractivity contribution in [3.8, 4) is 0 Å². The summed E-state index contributed by atoms with van der Waals surface area (Å²) < 4.78 is 29.0. The molecule has 102 valence electrons. The molecule has 6 nitrogen and oxygen atoms in total. The number of nitrogens with one attached hydrogen (secondary N) is 1. The molecule has 0 radical (unpaired) electrons. The van der Waals surface area contributed by atoms with E-state index in [2.05, 4.69) is 30.7 Å². The van der Waals surface area contributed by atoms with Crippen molar-refractivity contribution < 1.29 is 8.42 Å². The Morgan fingerprint density at radius 3 is 2.84 bits per heavy atom. The summed E-state index contributed by atoms with van der Waals surface area (Å²) in [5.74, 6) is 0.268. The van der Waals surface area contributed by atoms with E-state index in [1.165, 1.54) is 12.4 Å². The van der Waals surface area contributed by atoms with Crippen LogP contribution in [-0.2, 0) is 16.6 Å². The number of pyridine rings is 1. The van der Waals surface area contributed by atoms with E-state index >= 15 is 0 Å². The summed E-state index contributed by atoms with van der Waals surface area (Å²) in [6, 6.07) is 1.79. The van der Waals surface area contributed by atoms with Crippen LogP contribution in [0, 0.1) is 6.92 Å². The minimum atomic E-state index is -3.67. The lowest BCUT2D eigenvalue weighted by Gasteiger charge is -2.08. The van der Waals surface area contributed by atoms with Gasteiger partial charge in [0.15, 0.2) is 5.82 Å². The molecule has 0 bridgehead atoms. The van der Waals surface area contributed by atoms with Crippen LogP contribution in [-0.4, -0.2) is 23.2 Å². The van der Waals surface area contributed by atoms with E-state index in [0.29, 0.717) is 11.0 Å². The predicted octanol–water partition coefficient (Wildman–Crippen LogP) is 2.17. The first-order valence-electron chi connectivity index (χ1n) is 5.60. The fourth-order valence-corrected chi connectivity index (χ4v) is 2.89. The maximum Gasteiger partial charge on any atom is 0.266 e. The van der Waals surface area contributed by atoms with Crippen LogP contribution < -0.4 is 4.72 Å². The summed E-state index contributed by atoms with van der Waals surface area (Å²) in [6.45, 7) is 4.36. The molecule has 0 saturated carbocycles. The molecular formula is C11H13BrN4O2S. The number of halogens is 1. The van der Waals surface area contributed by atoms with Crippen molar-refractivity contribution in [2.45, 2.75) is 25.3 Å². The van der Waals surface area contributed by atoms with E-state index in [1.54, 1.807) is 16.9 Å². The first-order valence-corrected chi connectivity index (χ1v) is 7.88. The number of sulfonamides is 1. The molecule has 0 amide bonds. The molecule has 2 aromatic rings. The standard InChI is InChI=1S/C11H13BrN4O2S/c1-3-16-7-9(6-14-16)19(17,18)15-11-10(12)8(2)4-5-13-11/h4-7H,3H2,1-2H3,(H,13,15). The Morgan fingerprint density at radius 2 is 2.21 bits per heavy atom. The van der Waals surface area contributed by atoms with Crippen LogP contribution in [0.15, 0.2) is 34.0 Å². The van der Waals surface area contributed by atoms with E-state index in [4.69, 9.17) is 0 Å². The molecule has 1 N–H and O–H groups in total. The lowest BCUT2D eigenvalue weighted by molar-refractivity contribution is 0.600. The zero-order valence-corrected chi connectivity index (χ0v) is 12.9. The van der Waals surface area contributed by atoms with Gasteiger partial charge in [0.25, 0.3) is 10.0 Å². The van der Waals surface area contributed by atoms with E-state index in [1.807, 2.05) is 13.8 Å². The van der Waals surface area contributed by atoms with Crippen molar-refractivity contribution >= 4 is 31.8 Å². The Balaban J connectivity index is 2.33. The van der Waals surface area contributed by atoms with Gasteiger partial charge in [-0.1, -0.05) is 0 Å². The van der Waals surface area contributed by atoms with E-state index in [-0.39, 0.29) is 10.7 Å². The fourth-order valence-electron chi connectivity index (χ4n) is 1.45. The molecule has 0 spiro atoms. The van der Waals surface area contributed by atoms with E-state index in [0.717, 1.165) is 5.56 Å². The maximum atomic E-state index is 12.2. The second kappa shape index (κ2) is 5.30. The van der Waals surface area contributed by atoms with Crippen LogP contribution in [0.4, 0.5) is 5.82 Å². The normalized spacial score (nSPS) is 11.5. The quantitative estimate of drug-likeness (QED) is 0.921. The smallest absolute Gasteiger partial charge is 0.266 e. The number of nitrogens with zero attached hydrogens (tertiary/aromatic N) is 3. The summed E-state index contributed by atoms with van der Waals surface area (Å²) in [5.41, 5.74) is 0.900. The number of aromatic nitrogens is 3. The van der Waals surface area contributed by atoms with Gasteiger partial charge in [0.1, 0.15) is 4.90 Å². The van der Waals surface area contributed by atoms with Crippen molar-refractivity contribution in [3.63, 3.8) is 0 Å². The van der Waals surface area contributed by atoms with Gasteiger partial charge in [0, 0.05) is 18.9 Å². The molecule has 2 aromatic heterocycles. The number of anilines is 1. The summed E-state index contributed by atoms with van der Waals surface area (Å²) in [5, 5.41) is 3.95. The third kappa shape index (κ3) is 2.95. The minimum Gasteiger partial charge on any atom is -0.272 e. The Hall–Kier alpha value is -1.41. The third-order valence-corrected chi connectivity index (χ3v) is 4.85. The van der Waals surface area contributed by atoms with Gasteiger partial charge in [-0.2, -0.15) is 5.10 Å². The average Bonchev–Trinajstić information content (AvgIpc) is 2.84. The van der Waals surface area contributed by atoms with Crippen LogP contribution in [0.2, 0.25) is 0 Å². The molecule has 0 aliphatic rings. The molecular weight excluding hydrogens is 332 g/mol. The molecule has 8 heteroatoms. The summed E-state index contributed by atoms with van der Waals surface area (Å²) in [6.07, 6.45) is 4.34. The molecule has 0 aliphatic carbocycles. The van der Waals surface area contributed by atoms with Gasteiger partial charge in [-0.3, -0.25) is 9.40 Å². The molecule has 0 saturated heterocycles. The Labute approximate surface area is 120 Å². The van der Waals surface area contributed by atoms with Crippen LogP contribution in [0.25, 0.3) is 0 Å². The van der Waals surface area contributed by atoms with Gasteiger partial charge in [0.05, 0.1) is 10.7 Å². The molecule has 19 heavy (non-hydrogen) atoms. The van der Waals surface area contributed by atoms with Crippen LogP contribution in [0.1, 0.15) is 12.5 Å². The number of hydrogen-bond acceptors (Lipinski definition) is 4. The SMILES string of the molecule is CCn1cc(S(=O)(=O)Nc2nccc(C)c2Br)cn1. The first kappa shape index (κ1) is 14.0. The molecule has 0 aliphatic heterocycles. The lowest BCUT2D eigenvalue weighted by Crippen LogP contribution is -2.14. The first-order chi connectivity index (χ1) is 8.94. The van der Waals surface area contributed by atoms with Gasteiger partial charge in [-0.05, 0) is 41.4 Å². The predicted molar refractivity (Wildman–Crippen MR) is 75.4 cm³/mol. The third-order valence-electron chi connectivity index (χ3n) is 2.56. The Morgan fingerprint density at radius 1 is 1.47 bits per heavy atom. The highest BCUT2D eigenvalue weighted by Gasteiger charge is 2.18. The lowest BCUT2D eigenvalue weighted by atomic mass is 10.3. The molecule has 2 heterocycles. The summed E-state index contributed by atoms with van der Waals surface area (Å²) in [7, 11) is -3.67. The molecule has 0 fully saturated rings. The van der Waals surface area contributed by atoms with E-state index < -0.39 is 10.0 Å². The number of rotatable bonds is 4. The van der Waals surface area contributed by atoms with Crippen molar-refractivity contribution in [1.82, 2.24) is 14.8 Å². The molecule has 0 aromatic carbocycles. The average molecular weight is 345 g/mol. The van der Waals surface area contributed by atoms with Crippen LogP contribution in [0.5, 0.6) is 0 Å². The van der Waals surface area contributed by atoms with Gasteiger partial charge in [0.2, 0.25) is 0 Å². The molecule has 0 atom stereocenters. The van der Waals surface area contributed by atoms with Gasteiger partial charge < -0.3 is 0 Å². The topological polar surface area (TPSA) is 76.9 Å². The molecule has 2 rings (SSSR count). The zero-order chi connectivity index (χ0) is 14.0. The van der Waals surface area contributed by atoms with Crippen molar-refractivity contribution in [2.24, 2.45) is 0 Å². The summed E-state index contributed by atoms with van der Waals surface area (Å²) in [4.78, 5) is 4.13. The number of hydrogen-bond donors (Lipinski definition) is 1. The van der Waals surface area contributed by atoms with Crippen LogP contribution in [0.3, 0.4) is 0 Å². The van der Waals surface area contributed by atoms with Crippen molar-refractivity contribution in [3.05, 3.63) is 34.7 Å². The second-order valence-corrected chi connectivity index (χ2v) is 6.40. The zero-order valence-electron chi connectivity index (χ0n) is 10.5. The van der Waals surface area contributed by atoms with Gasteiger partial charge in [-0.15, -0.1) is 0 Å². The second-order valence-electron chi connectivity index (χ2n) is 3.93. The molecule has 0 unspecified atom stereocenters. The Bertz CT molecular complexity index is 696.